The first-order valence-corrected chi connectivity index (χ1v) is 7.05. The predicted octanol–water partition coefficient (Wildman–Crippen LogP) is -1.68. The third-order valence-electron chi connectivity index (χ3n) is 3.58. The molecular weight excluding hydrogens is 499 g/mol. The molecule has 2 rings (SSSR count). The molecule has 0 saturated heterocycles. The maximum Gasteiger partial charge on any atom is 4.00 e. The number of hydrogen-bond acceptors (Lipinski definition) is 7. The van der Waals surface area contributed by atoms with E-state index in [4.69, 9.17) is 16.6 Å². The minimum atomic E-state index is -1.77. The summed E-state index contributed by atoms with van der Waals surface area (Å²) in [5.74, 6) is -4.83. The molecule has 1 aliphatic rings. The van der Waals surface area contributed by atoms with E-state index in [1.54, 1.807) is 0 Å². The molecule has 0 aliphatic heterocycles. The van der Waals surface area contributed by atoms with Crippen molar-refractivity contribution in [1.82, 2.24) is 0 Å². The van der Waals surface area contributed by atoms with Gasteiger partial charge in [-0.05, 0) is 25.0 Å². The Balaban J connectivity index is 0.000000498. The van der Waals surface area contributed by atoms with Crippen molar-refractivity contribution in [2.24, 2.45) is 11.5 Å². The monoisotopic (exact) mass is 517 g/mol. The number of carbonyl (C=O) groups excluding carboxylic acids is 2. The van der Waals surface area contributed by atoms with Gasteiger partial charge in [-0.3, -0.25) is 0 Å². The summed E-state index contributed by atoms with van der Waals surface area (Å²) in [6.45, 7) is 0. The Hall–Kier alpha value is -1.76. The Morgan fingerprint density at radius 1 is 0.958 bits per heavy atom. The molecule has 0 radical (unpaired) electrons. The molecule has 0 spiro atoms. The van der Waals surface area contributed by atoms with E-state index >= 15 is 0 Å². The third kappa shape index (κ3) is 6.39. The fourth-order valence-electron chi connectivity index (χ4n) is 2.21. The van der Waals surface area contributed by atoms with Crippen LogP contribution in [0.15, 0.2) is 18.2 Å². The molecule has 5 N–H and O–H groups in total. The molecule has 2 atom stereocenters. The summed E-state index contributed by atoms with van der Waals surface area (Å²) in [6.07, 6.45) is 4.80. The van der Waals surface area contributed by atoms with E-state index in [0.29, 0.717) is 6.07 Å². The molecule has 1 saturated carbocycles. The van der Waals surface area contributed by atoms with Crippen molar-refractivity contribution in [3.63, 3.8) is 0 Å². The first-order chi connectivity index (χ1) is 10.7. The first-order valence-electron chi connectivity index (χ1n) is 7.05. The Bertz CT molecular complexity index is 598. The van der Waals surface area contributed by atoms with E-state index in [1.165, 1.54) is 12.8 Å². The van der Waals surface area contributed by atoms with Crippen molar-refractivity contribution >= 4 is 17.9 Å². The summed E-state index contributed by atoms with van der Waals surface area (Å²) in [5, 5.41) is 29.5. The van der Waals surface area contributed by atoms with Gasteiger partial charge in [-0.15, -0.1) is 0 Å². The first kappa shape index (κ1) is 22.2. The second-order valence-electron chi connectivity index (χ2n) is 5.25. The van der Waals surface area contributed by atoms with Gasteiger partial charge in [-0.2, -0.15) is 0 Å². The zero-order valence-corrected chi connectivity index (χ0v) is 14.9. The summed E-state index contributed by atoms with van der Waals surface area (Å²) in [7, 11) is 0. The smallest absolute Gasteiger partial charge is 0.545 e. The van der Waals surface area contributed by atoms with Crippen LogP contribution in [0.25, 0.3) is 0 Å². The summed E-state index contributed by atoms with van der Waals surface area (Å²) in [6, 6.07) is 3.10. The Morgan fingerprint density at radius 3 is 1.75 bits per heavy atom. The van der Waals surface area contributed by atoms with E-state index in [0.717, 1.165) is 25.0 Å². The van der Waals surface area contributed by atoms with Gasteiger partial charge in [-0.25, -0.2) is 4.79 Å². The zero-order chi connectivity index (χ0) is 17.6. The van der Waals surface area contributed by atoms with Crippen molar-refractivity contribution in [2.45, 2.75) is 37.8 Å². The van der Waals surface area contributed by atoms with Crippen molar-refractivity contribution in [3.8, 4) is 0 Å². The van der Waals surface area contributed by atoms with Gasteiger partial charge in [0.05, 0.1) is 17.5 Å². The summed E-state index contributed by atoms with van der Waals surface area (Å²) in [5.41, 5.74) is 9.65. The molecule has 1 fully saturated rings. The number of benzene rings is 1. The van der Waals surface area contributed by atoms with Crippen molar-refractivity contribution < 1.29 is 50.8 Å². The van der Waals surface area contributed by atoms with Crippen LogP contribution in [0.1, 0.15) is 56.8 Å². The van der Waals surface area contributed by atoms with Crippen LogP contribution in [0.3, 0.4) is 0 Å². The van der Waals surface area contributed by atoms with Crippen LogP contribution in [0.2, 0.25) is 0 Å². The molecule has 24 heavy (non-hydrogen) atoms. The van der Waals surface area contributed by atoms with Gasteiger partial charge in [0.25, 0.3) is 0 Å². The fourth-order valence-corrected chi connectivity index (χ4v) is 2.21. The molecule has 9 heteroatoms. The number of nitrogens with two attached hydrogens (primary N) is 2. The van der Waals surface area contributed by atoms with E-state index in [9.17, 15) is 24.6 Å². The molecule has 0 heterocycles. The van der Waals surface area contributed by atoms with E-state index < -0.39 is 29.0 Å². The maximum absolute atomic E-state index is 10.5. The molecule has 1 aromatic carbocycles. The molecule has 8 nitrogen and oxygen atoms in total. The molecule has 0 bridgehead atoms. The standard InChI is InChI=1S/C9H6O6.C6H14N2.Pt/c10-7(11)4-1-2-5(8(12)13)6(3-4)9(14)15;7-5-3-1-2-4-6(5)8;/h1-3H,(H,10,11)(H,12,13)(H,14,15);5-6H,1-4,7-8H2;/q;;+4/p-2/t;5-,6+;. The molecule has 1 aromatic rings. The topological polar surface area (TPSA) is 170 Å². The fraction of sp³-hybridized carbons (Fsp3) is 0.400. The summed E-state index contributed by atoms with van der Waals surface area (Å²) >= 11 is 0. The van der Waals surface area contributed by atoms with Gasteiger partial charge < -0.3 is 36.4 Å². The SMILES string of the molecule is N[C@@H]1CCCC[C@@H]1N.O=C(O)c1ccc(C(=O)[O-])c(C(=O)[O-])c1.[Pt+4]. The number of carboxylic acid groups (broad SMARTS) is 3. The number of rotatable bonds is 3. The van der Waals surface area contributed by atoms with E-state index in [2.05, 4.69) is 0 Å². The number of carboxylic acids is 3. The average Bonchev–Trinajstić information content (AvgIpc) is 2.50. The Labute approximate surface area is 153 Å². The normalized spacial score (nSPS) is 19.2. The van der Waals surface area contributed by atoms with Gasteiger partial charge in [-0.1, -0.05) is 18.9 Å². The van der Waals surface area contributed by atoms with Gasteiger partial charge in [0.15, 0.2) is 0 Å². The van der Waals surface area contributed by atoms with Crippen LogP contribution in [0, 0.1) is 0 Å². The molecular formula is C15H18N2O6Pt+2. The molecule has 1 aliphatic carbocycles. The van der Waals surface area contributed by atoms with Crippen LogP contribution < -0.4 is 21.7 Å². The summed E-state index contributed by atoms with van der Waals surface area (Å²) < 4.78 is 0. The predicted molar refractivity (Wildman–Crippen MR) is 76.5 cm³/mol. The quantitative estimate of drug-likeness (QED) is 0.427. The summed E-state index contributed by atoms with van der Waals surface area (Å²) in [4.78, 5) is 31.4. The molecule has 0 aromatic heterocycles. The number of aromatic carboxylic acids is 3. The largest absolute Gasteiger partial charge is 4.00 e. The average molecular weight is 517 g/mol. The van der Waals surface area contributed by atoms with Gasteiger partial charge in [0.2, 0.25) is 0 Å². The van der Waals surface area contributed by atoms with Gasteiger partial charge in [0, 0.05) is 23.2 Å². The minimum absolute atomic E-state index is 0. The van der Waals surface area contributed by atoms with Crippen LogP contribution in [-0.2, 0) is 21.1 Å². The second kappa shape index (κ2) is 10.2. The molecule has 0 amide bonds. The van der Waals surface area contributed by atoms with E-state index in [1.807, 2.05) is 0 Å². The van der Waals surface area contributed by atoms with Crippen molar-refractivity contribution in [1.29, 1.82) is 0 Å². The number of hydrogen-bond donors (Lipinski definition) is 3. The van der Waals surface area contributed by atoms with Crippen LogP contribution in [-0.4, -0.2) is 35.1 Å². The van der Waals surface area contributed by atoms with Crippen LogP contribution in [0.4, 0.5) is 0 Å². The van der Waals surface area contributed by atoms with Crippen LogP contribution in [0.5, 0.6) is 0 Å². The van der Waals surface area contributed by atoms with Crippen molar-refractivity contribution in [2.75, 3.05) is 0 Å². The van der Waals surface area contributed by atoms with Gasteiger partial charge in [0.1, 0.15) is 0 Å². The maximum atomic E-state index is 10.5. The van der Waals surface area contributed by atoms with Crippen LogP contribution >= 0.6 is 0 Å². The van der Waals surface area contributed by atoms with Gasteiger partial charge >= 0.3 is 27.0 Å². The molecule has 0 unspecified atom stereocenters. The second-order valence-corrected chi connectivity index (χ2v) is 5.25. The third-order valence-corrected chi connectivity index (χ3v) is 3.58. The Morgan fingerprint density at radius 2 is 1.42 bits per heavy atom. The number of carbonyl (C=O) groups is 3. The van der Waals surface area contributed by atoms with Crippen molar-refractivity contribution in [3.05, 3.63) is 34.9 Å². The minimum Gasteiger partial charge on any atom is -0.545 e. The van der Waals surface area contributed by atoms with E-state index in [-0.39, 0.29) is 38.7 Å². The molecule has 132 valence electrons. The Kier molecular flexibility index (Phi) is 9.43. The zero-order valence-electron chi connectivity index (χ0n) is 12.7.